The van der Waals surface area contributed by atoms with Crippen molar-refractivity contribution in [2.45, 2.75) is 56.8 Å². The molecule has 2 fully saturated rings. The predicted molar refractivity (Wildman–Crippen MR) is 55.1 cm³/mol. The van der Waals surface area contributed by atoms with Crippen LogP contribution in [0.4, 0.5) is 0 Å². The van der Waals surface area contributed by atoms with Crippen molar-refractivity contribution in [3.05, 3.63) is 0 Å². The van der Waals surface area contributed by atoms with Gasteiger partial charge in [0.2, 0.25) is 0 Å². The van der Waals surface area contributed by atoms with Crippen LogP contribution in [0.5, 0.6) is 0 Å². The van der Waals surface area contributed by atoms with Gasteiger partial charge in [0.1, 0.15) is 0 Å². The van der Waals surface area contributed by atoms with E-state index in [2.05, 4.69) is 4.90 Å². The second-order valence-electron chi connectivity index (χ2n) is 5.10. The van der Waals surface area contributed by atoms with Crippen molar-refractivity contribution in [3.8, 4) is 0 Å². The van der Waals surface area contributed by atoms with Gasteiger partial charge >= 0.3 is 0 Å². The molecule has 1 aliphatic heterocycles. The first kappa shape index (κ1) is 10.4. The van der Waals surface area contributed by atoms with Gasteiger partial charge in [-0.05, 0) is 39.0 Å². The number of hydrogen-bond acceptors (Lipinski definition) is 3. The monoisotopic (exact) mass is 199 g/mol. The molecule has 0 aromatic heterocycles. The van der Waals surface area contributed by atoms with E-state index >= 15 is 0 Å². The summed E-state index contributed by atoms with van der Waals surface area (Å²) in [5, 5.41) is 19.6. The summed E-state index contributed by atoms with van der Waals surface area (Å²) in [5.74, 6) is 0. The van der Waals surface area contributed by atoms with Gasteiger partial charge < -0.3 is 10.2 Å². The summed E-state index contributed by atoms with van der Waals surface area (Å²) in [6.07, 6.45) is 4.80. The Morgan fingerprint density at radius 3 is 2.36 bits per heavy atom. The fourth-order valence-electron chi connectivity index (χ4n) is 2.68. The van der Waals surface area contributed by atoms with Crippen molar-refractivity contribution >= 4 is 0 Å². The van der Waals surface area contributed by atoms with Crippen molar-refractivity contribution in [2.75, 3.05) is 13.1 Å². The first-order valence-corrected chi connectivity index (χ1v) is 5.73. The van der Waals surface area contributed by atoms with E-state index in [0.717, 1.165) is 45.2 Å². The number of piperidine rings is 1. The van der Waals surface area contributed by atoms with Gasteiger partial charge in [-0.2, -0.15) is 0 Å². The molecule has 2 rings (SSSR count). The van der Waals surface area contributed by atoms with E-state index < -0.39 is 5.60 Å². The third-order valence-electron chi connectivity index (χ3n) is 3.79. The second kappa shape index (κ2) is 3.80. The highest BCUT2D eigenvalue weighted by molar-refractivity contribution is 4.90. The van der Waals surface area contributed by atoms with Crippen LogP contribution < -0.4 is 0 Å². The summed E-state index contributed by atoms with van der Waals surface area (Å²) in [5.41, 5.74) is -0.472. The van der Waals surface area contributed by atoms with Gasteiger partial charge in [-0.1, -0.05) is 0 Å². The van der Waals surface area contributed by atoms with Crippen LogP contribution >= 0.6 is 0 Å². The van der Waals surface area contributed by atoms with E-state index in [1.165, 1.54) is 0 Å². The Labute approximate surface area is 85.7 Å². The molecule has 0 radical (unpaired) electrons. The van der Waals surface area contributed by atoms with Crippen LogP contribution in [0.3, 0.4) is 0 Å². The average molecular weight is 199 g/mol. The molecule has 0 amide bonds. The summed E-state index contributed by atoms with van der Waals surface area (Å²) < 4.78 is 0. The number of aliphatic hydroxyl groups excluding tert-OH is 1. The number of hydrogen-bond donors (Lipinski definition) is 2. The molecule has 1 saturated carbocycles. The minimum absolute atomic E-state index is 0.127. The van der Waals surface area contributed by atoms with E-state index in [-0.39, 0.29) is 6.10 Å². The maximum atomic E-state index is 9.81. The molecule has 1 aliphatic carbocycles. The first-order valence-electron chi connectivity index (χ1n) is 5.73. The van der Waals surface area contributed by atoms with Crippen LogP contribution in [0.15, 0.2) is 0 Å². The molecule has 2 unspecified atom stereocenters. The van der Waals surface area contributed by atoms with Gasteiger partial charge in [-0.3, -0.25) is 4.90 Å². The summed E-state index contributed by atoms with van der Waals surface area (Å²) in [6.45, 7) is 3.79. The normalized spacial score (nSPS) is 38.8. The first-order chi connectivity index (χ1) is 6.58. The molecule has 2 N–H and O–H groups in total. The third-order valence-corrected chi connectivity index (χ3v) is 3.79. The van der Waals surface area contributed by atoms with Gasteiger partial charge in [0.25, 0.3) is 0 Å². The Kier molecular flexibility index (Phi) is 2.82. The number of rotatable bonds is 1. The molecule has 1 saturated heterocycles. The summed E-state index contributed by atoms with van der Waals surface area (Å²) in [4.78, 5) is 2.36. The molecule has 1 heterocycles. The highest BCUT2D eigenvalue weighted by atomic mass is 16.3. The van der Waals surface area contributed by atoms with Crippen LogP contribution in [0.1, 0.15) is 39.0 Å². The standard InChI is InChI=1S/C11H21NO2/c1-11(14)5-7-12(8-6-11)9-3-2-4-10(9)13/h9-10,13-14H,2-8H2,1H3. The molecular formula is C11H21NO2. The van der Waals surface area contributed by atoms with Crippen LogP contribution in [0.2, 0.25) is 0 Å². The Bertz CT molecular complexity index is 195. The Morgan fingerprint density at radius 1 is 1.21 bits per heavy atom. The molecule has 3 heteroatoms. The van der Waals surface area contributed by atoms with Crippen molar-refractivity contribution in [3.63, 3.8) is 0 Å². The maximum absolute atomic E-state index is 9.81. The topological polar surface area (TPSA) is 43.7 Å². The fourth-order valence-corrected chi connectivity index (χ4v) is 2.68. The lowest BCUT2D eigenvalue weighted by Crippen LogP contribution is -2.49. The van der Waals surface area contributed by atoms with E-state index in [1.807, 2.05) is 6.92 Å². The lowest BCUT2D eigenvalue weighted by molar-refractivity contribution is -0.0316. The van der Waals surface area contributed by atoms with Crippen molar-refractivity contribution in [1.29, 1.82) is 0 Å². The van der Waals surface area contributed by atoms with E-state index in [0.29, 0.717) is 6.04 Å². The maximum Gasteiger partial charge on any atom is 0.0695 e. The second-order valence-corrected chi connectivity index (χ2v) is 5.10. The predicted octanol–water partition coefficient (Wildman–Crippen LogP) is 0.747. The highest BCUT2D eigenvalue weighted by Crippen LogP contribution is 2.29. The quantitative estimate of drug-likeness (QED) is 0.655. The summed E-state index contributed by atoms with van der Waals surface area (Å²) in [7, 11) is 0. The third kappa shape index (κ3) is 2.10. The van der Waals surface area contributed by atoms with Crippen molar-refractivity contribution in [1.82, 2.24) is 4.90 Å². The lowest BCUT2D eigenvalue weighted by Gasteiger charge is -2.39. The molecule has 0 spiro atoms. The summed E-state index contributed by atoms with van der Waals surface area (Å²) >= 11 is 0. The van der Waals surface area contributed by atoms with Gasteiger partial charge in [0, 0.05) is 19.1 Å². The Morgan fingerprint density at radius 2 is 1.86 bits per heavy atom. The molecule has 0 aromatic carbocycles. The zero-order chi connectivity index (χ0) is 10.2. The molecule has 2 atom stereocenters. The molecule has 82 valence electrons. The molecular weight excluding hydrogens is 178 g/mol. The molecule has 0 bridgehead atoms. The molecule has 14 heavy (non-hydrogen) atoms. The van der Waals surface area contributed by atoms with Gasteiger partial charge in [0.15, 0.2) is 0 Å². The summed E-state index contributed by atoms with van der Waals surface area (Å²) in [6, 6.07) is 0.367. The van der Waals surface area contributed by atoms with Crippen molar-refractivity contribution in [2.24, 2.45) is 0 Å². The zero-order valence-corrected chi connectivity index (χ0v) is 8.95. The van der Waals surface area contributed by atoms with Crippen molar-refractivity contribution < 1.29 is 10.2 Å². The largest absolute Gasteiger partial charge is 0.391 e. The highest BCUT2D eigenvalue weighted by Gasteiger charge is 2.35. The van der Waals surface area contributed by atoms with E-state index in [9.17, 15) is 10.2 Å². The lowest BCUT2D eigenvalue weighted by atomic mass is 9.92. The number of nitrogens with zero attached hydrogens (tertiary/aromatic N) is 1. The fraction of sp³-hybridized carbons (Fsp3) is 1.00. The molecule has 3 nitrogen and oxygen atoms in total. The minimum atomic E-state index is -0.472. The number of aliphatic hydroxyl groups is 2. The molecule has 2 aliphatic rings. The van der Waals surface area contributed by atoms with Gasteiger partial charge in [-0.15, -0.1) is 0 Å². The molecule has 0 aromatic rings. The SMILES string of the molecule is CC1(O)CCN(C2CCCC2O)CC1. The van der Waals surface area contributed by atoms with Gasteiger partial charge in [-0.25, -0.2) is 0 Å². The van der Waals surface area contributed by atoms with Crippen LogP contribution in [-0.4, -0.2) is 45.9 Å². The smallest absolute Gasteiger partial charge is 0.0695 e. The average Bonchev–Trinajstić information content (AvgIpc) is 2.52. The van der Waals surface area contributed by atoms with E-state index in [1.54, 1.807) is 0 Å². The minimum Gasteiger partial charge on any atom is -0.391 e. The van der Waals surface area contributed by atoms with Crippen LogP contribution in [0, 0.1) is 0 Å². The number of likely N-dealkylation sites (tertiary alicyclic amines) is 1. The van der Waals surface area contributed by atoms with Gasteiger partial charge in [0.05, 0.1) is 11.7 Å². The Hall–Kier alpha value is -0.120. The zero-order valence-electron chi connectivity index (χ0n) is 8.95. The Balaban J connectivity index is 1.89. The van der Waals surface area contributed by atoms with Crippen LogP contribution in [0.25, 0.3) is 0 Å². The van der Waals surface area contributed by atoms with Crippen LogP contribution in [-0.2, 0) is 0 Å². The van der Waals surface area contributed by atoms with E-state index in [4.69, 9.17) is 0 Å².